The van der Waals surface area contributed by atoms with Crippen LogP contribution in [0, 0.1) is 0 Å². The van der Waals surface area contributed by atoms with Gasteiger partial charge < -0.3 is 5.32 Å². The summed E-state index contributed by atoms with van der Waals surface area (Å²) in [5, 5.41) is 5.99. The lowest BCUT2D eigenvalue weighted by Gasteiger charge is -2.39. The molecule has 1 saturated heterocycles. The molecule has 178 valence electrons. The van der Waals surface area contributed by atoms with Gasteiger partial charge in [0.15, 0.2) is 0 Å². The van der Waals surface area contributed by atoms with Crippen molar-refractivity contribution in [3.05, 3.63) is 95.1 Å². The van der Waals surface area contributed by atoms with E-state index in [0.29, 0.717) is 22.7 Å². The maximum atomic E-state index is 12.8. The highest BCUT2D eigenvalue weighted by Gasteiger charge is 2.24. The molecule has 3 aromatic carbocycles. The molecule has 4 aromatic rings. The van der Waals surface area contributed by atoms with Crippen molar-refractivity contribution in [2.75, 3.05) is 5.32 Å². The Morgan fingerprint density at radius 1 is 0.943 bits per heavy atom. The number of anilines is 1. The first-order valence-electron chi connectivity index (χ1n) is 12.3. The number of nitrogens with one attached hydrogen (secondary N) is 1. The van der Waals surface area contributed by atoms with Gasteiger partial charge in [0.1, 0.15) is 0 Å². The van der Waals surface area contributed by atoms with E-state index in [0.717, 1.165) is 28.9 Å². The molecule has 5 rings (SSSR count). The van der Waals surface area contributed by atoms with Crippen LogP contribution in [0.25, 0.3) is 22.0 Å². The zero-order valence-electron chi connectivity index (χ0n) is 20.2. The minimum Gasteiger partial charge on any atom is -0.322 e. The number of hydrogen-bond acceptors (Lipinski definition) is 3. The lowest BCUT2D eigenvalue weighted by atomic mass is 9.96. The third kappa shape index (κ3) is 5.39. The Morgan fingerprint density at radius 3 is 2.37 bits per heavy atom. The molecule has 1 unspecified atom stereocenters. The van der Waals surface area contributed by atoms with Gasteiger partial charge in [0.25, 0.3) is 5.91 Å². The molecule has 0 spiro atoms. The van der Waals surface area contributed by atoms with Crippen LogP contribution in [0.4, 0.5) is 5.69 Å². The highest BCUT2D eigenvalue weighted by Crippen LogP contribution is 2.27. The van der Waals surface area contributed by atoms with Gasteiger partial charge in [0.05, 0.1) is 11.3 Å². The zero-order valence-corrected chi connectivity index (χ0v) is 20.9. The van der Waals surface area contributed by atoms with Gasteiger partial charge >= 0.3 is 0 Å². The lowest BCUT2D eigenvalue weighted by Crippen LogP contribution is -2.42. The Hall–Kier alpha value is -3.21. The van der Waals surface area contributed by atoms with Crippen LogP contribution < -0.4 is 5.32 Å². The molecule has 1 N–H and O–H groups in total. The highest BCUT2D eigenvalue weighted by molar-refractivity contribution is 6.30. The fourth-order valence-corrected chi connectivity index (χ4v) is 5.12. The summed E-state index contributed by atoms with van der Waals surface area (Å²) >= 11 is 5.96. The number of fused-ring (bicyclic) bond motifs is 1. The summed E-state index contributed by atoms with van der Waals surface area (Å²) in [7, 11) is 0. The molecule has 5 heteroatoms. The molecule has 2 heterocycles. The van der Waals surface area contributed by atoms with E-state index in [-0.39, 0.29) is 5.91 Å². The van der Waals surface area contributed by atoms with E-state index in [2.05, 4.69) is 53.3 Å². The van der Waals surface area contributed by atoms with Gasteiger partial charge in [-0.2, -0.15) is 0 Å². The molecule has 1 fully saturated rings. The molecule has 0 saturated carbocycles. The topological polar surface area (TPSA) is 45.2 Å². The fourth-order valence-electron chi connectivity index (χ4n) is 4.99. The first-order valence-corrected chi connectivity index (χ1v) is 12.7. The third-order valence-electron chi connectivity index (χ3n) is 7.07. The average molecular weight is 484 g/mol. The fraction of sp³-hybridized carbons (Fsp3) is 0.267. The van der Waals surface area contributed by atoms with E-state index < -0.39 is 0 Å². The maximum absolute atomic E-state index is 12.8. The summed E-state index contributed by atoms with van der Waals surface area (Å²) in [5.41, 5.74) is 4.38. The van der Waals surface area contributed by atoms with Crippen molar-refractivity contribution in [1.29, 1.82) is 0 Å². The van der Waals surface area contributed by atoms with Gasteiger partial charge in [0, 0.05) is 41.1 Å². The summed E-state index contributed by atoms with van der Waals surface area (Å²) in [6.45, 7) is 5.66. The number of rotatable bonds is 5. The smallest absolute Gasteiger partial charge is 0.257 e. The first kappa shape index (κ1) is 23.5. The average Bonchev–Trinajstić information content (AvgIpc) is 2.87. The van der Waals surface area contributed by atoms with E-state index in [4.69, 9.17) is 11.6 Å². The minimum absolute atomic E-state index is 0.177. The second-order valence-corrected chi connectivity index (χ2v) is 10.0. The van der Waals surface area contributed by atoms with E-state index in [1.165, 1.54) is 30.2 Å². The second-order valence-electron chi connectivity index (χ2n) is 9.59. The summed E-state index contributed by atoms with van der Waals surface area (Å²) in [6, 6.07) is 25.1. The Kier molecular flexibility index (Phi) is 6.85. The standard InChI is InChI=1S/C30H30ClN3O/c1-20-4-3-5-21(2)34(20)19-22-6-7-25-17-28(14-10-24(25)16-22)33-30(35)26-11-15-29(32-18-26)23-8-12-27(31)13-9-23/h6-18,20-21H,3-5,19H2,1-2H3,(H,33,35)/t20-,21?/m0/s1. The lowest BCUT2D eigenvalue weighted by molar-refractivity contribution is 0.0953. The quantitative estimate of drug-likeness (QED) is 0.318. The minimum atomic E-state index is -0.177. The van der Waals surface area contributed by atoms with Gasteiger partial charge in [-0.3, -0.25) is 14.7 Å². The number of pyridine rings is 1. The first-order chi connectivity index (χ1) is 17.0. The van der Waals surface area contributed by atoms with Crippen LogP contribution in [-0.4, -0.2) is 27.9 Å². The van der Waals surface area contributed by atoms with Crippen LogP contribution in [0.1, 0.15) is 49.0 Å². The molecule has 2 atom stereocenters. The summed E-state index contributed by atoms with van der Waals surface area (Å²) in [5.74, 6) is -0.177. The number of nitrogens with zero attached hydrogens (tertiary/aromatic N) is 2. The number of carbonyl (C=O) groups excluding carboxylic acids is 1. The molecule has 1 aliphatic rings. The van der Waals surface area contributed by atoms with Gasteiger partial charge in [-0.25, -0.2) is 0 Å². The molecule has 1 aliphatic heterocycles. The molecular formula is C30H30ClN3O. The van der Waals surface area contributed by atoms with E-state index >= 15 is 0 Å². The molecule has 0 bridgehead atoms. The number of piperidine rings is 1. The van der Waals surface area contributed by atoms with Crippen LogP contribution in [0.15, 0.2) is 79.0 Å². The number of aromatic nitrogens is 1. The van der Waals surface area contributed by atoms with Crippen molar-refractivity contribution >= 4 is 34.0 Å². The predicted octanol–water partition coefficient (Wildman–Crippen LogP) is 7.57. The van der Waals surface area contributed by atoms with Crippen molar-refractivity contribution in [3.63, 3.8) is 0 Å². The Morgan fingerprint density at radius 2 is 1.66 bits per heavy atom. The highest BCUT2D eigenvalue weighted by atomic mass is 35.5. The van der Waals surface area contributed by atoms with Crippen LogP contribution in [-0.2, 0) is 6.54 Å². The molecule has 1 amide bonds. The number of amides is 1. The summed E-state index contributed by atoms with van der Waals surface area (Å²) in [4.78, 5) is 19.9. The maximum Gasteiger partial charge on any atom is 0.257 e. The van der Waals surface area contributed by atoms with Gasteiger partial charge in [0.2, 0.25) is 0 Å². The SMILES string of the molecule is CC1CCC[C@H](C)N1Cc1ccc2cc(NC(=O)c3ccc(-c4ccc(Cl)cc4)nc3)ccc2c1. The molecular weight excluding hydrogens is 454 g/mol. The van der Waals surface area contributed by atoms with Crippen LogP contribution in [0.3, 0.4) is 0 Å². The Balaban J connectivity index is 1.27. The van der Waals surface area contributed by atoms with E-state index in [1.54, 1.807) is 12.3 Å². The van der Waals surface area contributed by atoms with Crippen LogP contribution >= 0.6 is 11.6 Å². The zero-order chi connectivity index (χ0) is 24.4. The van der Waals surface area contributed by atoms with Gasteiger partial charge in [-0.15, -0.1) is 0 Å². The van der Waals surface area contributed by atoms with Crippen LogP contribution in [0.2, 0.25) is 5.02 Å². The number of benzene rings is 3. The number of hydrogen-bond donors (Lipinski definition) is 1. The summed E-state index contributed by atoms with van der Waals surface area (Å²) < 4.78 is 0. The van der Waals surface area contributed by atoms with Crippen molar-refractivity contribution < 1.29 is 4.79 Å². The number of carbonyl (C=O) groups is 1. The predicted molar refractivity (Wildman–Crippen MR) is 145 cm³/mol. The van der Waals surface area contributed by atoms with E-state index in [1.807, 2.05) is 42.5 Å². The molecule has 0 radical (unpaired) electrons. The summed E-state index contributed by atoms with van der Waals surface area (Å²) in [6.07, 6.45) is 5.49. The number of likely N-dealkylation sites (tertiary alicyclic amines) is 1. The second kappa shape index (κ2) is 10.2. The molecule has 4 nitrogen and oxygen atoms in total. The molecule has 35 heavy (non-hydrogen) atoms. The Bertz CT molecular complexity index is 1320. The number of halogens is 1. The van der Waals surface area contributed by atoms with Crippen molar-refractivity contribution in [2.45, 2.75) is 51.7 Å². The molecule has 0 aliphatic carbocycles. The molecule has 1 aromatic heterocycles. The monoisotopic (exact) mass is 483 g/mol. The van der Waals surface area contributed by atoms with Crippen molar-refractivity contribution in [1.82, 2.24) is 9.88 Å². The third-order valence-corrected chi connectivity index (χ3v) is 7.32. The Labute approximate surface area is 212 Å². The van der Waals surface area contributed by atoms with Crippen LogP contribution in [0.5, 0.6) is 0 Å². The normalized spacial score (nSPS) is 18.5. The largest absolute Gasteiger partial charge is 0.322 e. The van der Waals surface area contributed by atoms with Crippen molar-refractivity contribution in [3.8, 4) is 11.3 Å². The van der Waals surface area contributed by atoms with Crippen molar-refractivity contribution in [2.24, 2.45) is 0 Å². The van der Waals surface area contributed by atoms with Gasteiger partial charge in [-0.05, 0) is 85.5 Å². The van der Waals surface area contributed by atoms with Gasteiger partial charge in [-0.1, -0.05) is 48.4 Å². The van der Waals surface area contributed by atoms with E-state index in [9.17, 15) is 4.79 Å².